The van der Waals surface area contributed by atoms with Gasteiger partial charge in [0.05, 0.1) is 5.69 Å². The van der Waals surface area contributed by atoms with E-state index in [-0.39, 0.29) is 5.91 Å². The van der Waals surface area contributed by atoms with Crippen LogP contribution in [0.15, 0.2) is 65.3 Å². The summed E-state index contributed by atoms with van der Waals surface area (Å²) in [4.78, 5) is 14.6. The predicted molar refractivity (Wildman–Crippen MR) is 105 cm³/mol. The van der Waals surface area contributed by atoms with E-state index in [4.69, 9.17) is 4.42 Å². The van der Waals surface area contributed by atoms with Gasteiger partial charge in [0.15, 0.2) is 5.76 Å². The maximum atomic E-state index is 13.0. The molecule has 4 rings (SSSR count). The predicted octanol–water partition coefficient (Wildman–Crippen LogP) is 4.51. The van der Waals surface area contributed by atoms with Crippen molar-refractivity contribution in [3.63, 3.8) is 0 Å². The Bertz CT molecular complexity index is 1110. The van der Waals surface area contributed by atoms with Crippen LogP contribution in [0.5, 0.6) is 0 Å². The van der Waals surface area contributed by atoms with E-state index < -0.39 is 0 Å². The SMILES string of the molecule is Cc1ccc2oc(C(=O)N(C)Cc3cccc(-n4cccn4)c3)c(C)c2c1. The Kier molecular flexibility index (Phi) is 4.28. The summed E-state index contributed by atoms with van der Waals surface area (Å²) in [5.41, 5.74) is 4.78. The van der Waals surface area contributed by atoms with Crippen molar-refractivity contribution in [2.24, 2.45) is 0 Å². The topological polar surface area (TPSA) is 51.3 Å². The molecule has 0 spiro atoms. The fraction of sp³-hybridized carbons (Fsp3) is 0.182. The summed E-state index contributed by atoms with van der Waals surface area (Å²) in [5.74, 6) is 0.284. The lowest BCUT2D eigenvalue weighted by Crippen LogP contribution is -2.26. The van der Waals surface area contributed by atoms with Crippen LogP contribution in [0, 0.1) is 13.8 Å². The molecule has 2 heterocycles. The number of aryl methyl sites for hydroxylation is 2. The molecule has 0 fully saturated rings. The van der Waals surface area contributed by atoms with E-state index >= 15 is 0 Å². The first-order valence-corrected chi connectivity index (χ1v) is 8.87. The molecule has 27 heavy (non-hydrogen) atoms. The number of furan rings is 1. The van der Waals surface area contributed by atoms with Gasteiger partial charge < -0.3 is 9.32 Å². The van der Waals surface area contributed by atoms with E-state index in [0.717, 1.165) is 33.3 Å². The largest absolute Gasteiger partial charge is 0.451 e. The molecule has 2 aromatic heterocycles. The van der Waals surface area contributed by atoms with Crippen LogP contribution >= 0.6 is 0 Å². The number of rotatable bonds is 4. The Hall–Kier alpha value is -3.34. The first-order chi connectivity index (χ1) is 13.0. The van der Waals surface area contributed by atoms with Crippen molar-refractivity contribution in [1.82, 2.24) is 14.7 Å². The van der Waals surface area contributed by atoms with Crippen molar-refractivity contribution >= 4 is 16.9 Å². The number of amides is 1. The molecule has 0 atom stereocenters. The summed E-state index contributed by atoms with van der Waals surface area (Å²) in [6.07, 6.45) is 3.64. The normalized spacial score (nSPS) is 11.1. The maximum Gasteiger partial charge on any atom is 0.289 e. The second-order valence-corrected chi connectivity index (χ2v) is 6.84. The van der Waals surface area contributed by atoms with E-state index in [2.05, 4.69) is 11.2 Å². The van der Waals surface area contributed by atoms with Gasteiger partial charge in [-0.3, -0.25) is 4.79 Å². The van der Waals surface area contributed by atoms with Crippen molar-refractivity contribution in [3.8, 4) is 5.69 Å². The second-order valence-electron chi connectivity index (χ2n) is 6.84. The molecule has 0 bridgehead atoms. The van der Waals surface area contributed by atoms with Gasteiger partial charge in [0.25, 0.3) is 5.91 Å². The molecule has 0 aliphatic carbocycles. The van der Waals surface area contributed by atoms with Crippen LogP contribution in [0.4, 0.5) is 0 Å². The van der Waals surface area contributed by atoms with Crippen LogP contribution in [0.2, 0.25) is 0 Å². The molecule has 0 N–H and O–H groups in total. The Labute approximate surface area is 157 Å². The zero-order chi connectivity index (χ0) is 19.0. The zero-order valence-electron chi connectivity index (χ0n) is 15.6. The summed E-state index contributed by atoms with van der Waals surface area (Å²) >= 11 is 0. The molecule has 136 valence electrons. The molecule has 0 aliphatic heterocycles. The third kappa shape index (κ3) is 3.24. The maximum absolute atomic E-state index is 13.0. The Morgan fingerprint density at radius 2 is 2.00 bits per heavy atom. The molecular weight excluding hydrogens is 338 g/mol. The van der Waals surface area contributed by atoms with E-state index in [1.165, 1.54) is 0 Å². The van der Waals surface area contributed by atoms with Gasteiger partial charge in [-0.25, -0.2) is 4.68 Å². The van der Waals surface area contributed by atoms with Crippen LogP contribution in [0.25, 0.3) is 16.7 Å². The third-order valence-electron chi connectivity index (χ3n) is 4.73. The molecule has 1 amide bonds. The zero-order valence-corrected chi connectivity index (χ0v) is 15.6. The number of nitrogens with zero attached hydrogens (tertiary/aromatic N) is 3. The number of aromatic nitrogens is 2. The smallest absolute Gasteiger partial charge is 0.289 e. The lowest BCUT2D eigenvalue weighted by molar-refractivity contribution is 0.0755. The molecule has 0 saturated carbocycles. The third-order valence-corrected chi connectivity index (χ3v) is 4.73. The van der Waals surface area contributed by atoms with Crippen LogP contribution in [0.3, 0.4) is 0 Å². The Morgan fingerprint density at radius 1 is 1.15 bits per heavy atom. The van der Waals surface area contributed by atoms with Gasteiger partial charge in [0, 0.05) is 36.9 Å². The van der Waals surface area contributed by atoms with Gasteiger partial charge in [-0.1, -0.05) is 23.8 Å². The number of benzene rings is 2. The van der Waals surface area contributed by atoms with Gasteiger partial charge in [-0.15, -0.1) is 0 Å². The molecule has 4 aromatic rings. The van der Waals surface area contributed by atoms with E-state index in [0.29, 0.717) is 12.3 Å². The number of carbonyl (C=O) groups is 1. The van der Waals surface area contributed by atoms with E-state index in [1.807, 2.05) is 62.5 Å². The van der Waals surface area contributed by atoms with Crippen molar-refractivity contribution in [2.45, 2.75) is 20.4 Å². The summed E-state index contributed by atoms with van der Waals surface area (Å²) in [5, 5.41) is 5.25. The van der Waals surface area contributed by atoms with E-state index in [1.54, 1.807) is 22.8 Å². The van der Waals surface area contributed by atoms with Crippen molar-refractivity contribution in [2.75, 3.05) is 7.05 Å². The molecule has 2 aromatic carbocycles. The molecule has 0 saturated heterocycles. The van der Waals surface area contributed by atoms with Gasteiger partial charge in [0.1, 0.15) is 5.58 Å². The second kappa shape index (κ2) is 6.76. The van der Waals surface area contributed by atoms with Crippen molar-refractivity contribution in [1.29, 1.82) is 0 Å². The average Bonchev–Trinajstić information content (AvgIpc) is 3.30. The number of fused-ring (bicyclic) bond motifs is 1. The molecule has 5 nitrogen and oxygen atoms in total. The molecule has 0 unspecified atom stereocenters. The summed E-state index contributed by atoms with van der Waals surface area (Å²) in [6.45, 7) is 4.46. The van der Waals surface area contributed by atoms with Gasteiger partial charge in [-0.2, -0.15) is 5.10 Å². The first-order valence-electron chi connectivity index (χ1n) is 8.87. The average molecular weight is 359 g/mol. The highest BCUT2D eigenvalue weighted by Gasteiger charge is 2.21. The molecule has 0 radical (unpaired) electrons. The molecular formula is C22H21N3O2. The Morgan fingerprint density at radius 3 is 2.78 bits per heavy atom. The van der Waals surface area contributed by atoms with Crippen molar-refractivity contribution in [3.05, 3.63) is 83.4 Å². The van der Waals surface area contributed by atoms with Gasteiger partial charge >= 0.3 is 0 Å². The van der Waals surface area contributed by atoms with E-state index in [9.17, 15) is 4.79 Å². The minimum absolute atomic E-state index is 0.120. The fourth-order valence-corrected chi connectivity index (χ4v) is 3.28. The highest BCUT2D eigenvalue weighted by Crippen LogP contribution is 2.27. The Balaban J connectivity index is 1.58. The number of hydrogen-bond donors (Lipinski definition) is 0. The van der Waals surface area contributed by atoms with Gasteiger partial charge in [-0.05, 0) is 49.7 Å². The highest BCUT2D eigenvalue weighted by atomic mass is 16.3. The van der Waals surface area contributed by atoms with Crippen LogP contribution in [-0.4, -0.2) is 27.6 Å². The first kappa shape index (κ1) is 17.1. The van der Waals surface area contributed by atoms with Crippen molar-refractivity contribution < 1.29 is 9.21 Å². The quantitative estimate of drug-likeness (QED) is 0.539. The van der Waals surface area contributed by atoms with Gasteiger partial charge in [0.2, 0.25) is 0 Å². The lowest BCUT2D eigenvalue weighted by atomic mass is 10.1. The van der Waals surface area contributed by atoms with Crippen LogP contribution < -0.4 is 0 Å². The number of hydrogen-bond acceptors (Lipinski definition) is 3. The highest BCUT2D eigenvalue weighted by molar-refractivity contribution is 5.98. The minimum atomic E-state index is -0.120. The summed E-state index contributed by atoms with van der Waals surface area (Å²) < 4.78 is 7.65. The molecule has 5 heteroatoms. The summed E-state index contributed by atoms with van der Waals surface area (Å²) in [7, 11) is 1.79. The monoisotopic (exact) mass is 359 g/mol. The summed E-state index contributed by atoms with van der Waals surface area (Å²) in [6, 6.07) is 15.8. The number of carbonyl (C=O) groups excluding carboxylic acids is 1. The lowest BCUT2D eigenvalue weighted by Gasteiger charge is -2.17. The minimum Gasteiger partial charge on any atom is -0.451 e. The standard InChI is InChI=1S/C22H21N3O2/c1-15-8-9-20-19(12-15)16(2)21(27-20)22(26)24(3)14-17-6-4-7-18(13-17)25-11-5-10-23-25/h4-13H,14H2,1-3H3. The molecule has 0 aliphatic rings. The van der Waals surface area contributed by atoms with Crippen LogP contribution in [-0.2, 0) is 6.54 Å². The van der Waals surface area contributed by atoms with Crippen LogP contribution in [0.1, 0.15) is 27.2 Å². The fourth-order valence-electron chi connectivity index (χ4n) is 3.28.